The van der Waals surface area contributed by atoms with Crippen molar-refractivity contribution in [3.63, 3.8) is 0 Å². The molecule has 0 bridgehead atoms. The molecule has 0 saturated carbocycles. The highest BCUT2D eigenvalue weighted by molar-refractivity contribution is 8.24. The van der Waals surface area contributed by atoms with E-state index in [1.54, 1.807) is 12.1 Å². The number of halogens is 1. The molecule has 78 valence electrons. The molecule has 1 saturated heterocycles. The van der Waals surface area contributed by atoms with Crippen LogP contribution < -0.4 is 5.32 Å². The van der Waals surface area contributed by atoms with E-state index in [4.69, 9.17) is 12.2 Å². The van der Waals surface area contributed by atoms with Crippen LogP contribution in [0.15, 0.2) is 24.3 Å². The molecule has 0 aromatic heterocycles. The van der Waals surface area contributed by atoms with E-state index in [9.17, 15) is 9.18 Å². The predicted octanol–water partition coefficient (Wildman–Crippen LogP) is 1.88. The number of thioether (sulfide) groups is 1. The normalized spacial score (nSPS) is 20.5. The molecule has 1 heterocycles. The first-order valence-electron chi connectivity index (χ1n) is 4.41. The molecule has 1 aliphatic rings. The van der Waals surface area contributed by atoms with Gasteiger partial charge in [0.2, 0.25) is 5.91 Å². The van der Waals surface area contributed by atoms with Crippen molar-refractivity contribution in [2.24, 2.45) is 0 Å². The fraction of sp³-hybridized carbons (Fsp3) is 0.200. The summed E-state index contributed by atoms with van der Waals surface area (Å²) in [5, 5.41) is 2.40. The van der Waals surface area contributed by atoms with Crippen LogP contribution in [0, 0.1) is 5.82 Å². The molecule has 2 rings (SSSR count). The predicted molar refractivity (Wildman–Crippen MR) is 62.2 cm³/mol. The van der Waals surface area contributed by atoms with Gasteiger partial charge in [-0.2, -0.15) is 0 Å². The van der Waals surface area contributed by atoms with E-state index in [1.807, 2.05) is 0 Å². The smallest absolute Gasteiger partial charge is 0.239 e. The monoisotopic (exact) mass is 241 g/mol. The molecule has 1 aliphatic heterocycles. The lowest BCUT2D eigenvalue weighted by molar-refractivity contribution is -0.118. The molecule has 1 amide bonds. The minimum absolute atomic E-state index is 0.0608. The van der Waals surface area contributed by atoms with E-state index in [1.165, 1.54) is 23.9 Å². The van der Waals surface area contributed by atoms with Crippen LogP contribution in [-0.2, 0) is 11.2 Å². The molecule has 2 nitrogen and oxygen atoms in total. The molecular formula is C10H8FNOS2. The van der Waals surface area contributed by atoms with Gasteiger partial charge in [-0.15, -0.1) is 0 Å². The van der Waals surface area contributed by atoms with Crippen LogP contribution in [0.4, 0.5) is 4.39 Å². The van der Waals surface area contributed by atoms with E-state index in [2.05, 4.69) is 5.32 Å². The van der Waals surface area contributed by atoms with Crippen molar-refractivity contribution in [2.45, 2.75) is 11.7 Å². The van der Waals surface area contributed by atoms with Crippen molar-refractivity contribution < 1.29 is 9.18 Å². The lowest BCUT2D eigenvalue weighted by atomic mass is 10.1. The van der Waals surface area contributed by atoms with Gasteiger partial charge in [0.05, 0.1) is 5.25 Å². The number of nitrogens with one attached hydrogen (secondary N) is 1. The molecule has 15 heavy (non-hydrogen) atoms. The summed E-state index contributed by atoms with van der Waals surface area (Å²) in [5.74, 6) is -0.327. The number of rotatable bonds is 2. The Kier molecular flexibility index (Phi) is 3.02. The minimum Gasteiger partial charge on any atom is -0.311 e. The van der Waals surface area contributed by atoms with Crippen molar-refractivity contribution in [3.8, 4) is 0 Å². The Balaban J connectivity index is 2.06. The van der Waals surface area contributed by atoms with Crippen LogP contribution >= 0.6 is 24.0 Å². The third-order valence-corrected chi connectivity index (χ3v) is 3.47. The van der Waals surface area contributed by atoms with Gasteiger partial charge < -0.3 is 5.32 Å². The average Bonchev–Trinajstić information content (AvgIpc) is 2.49. The Labute approximate surface area is 96.2 Å². The maximum atomic E-state index is 12.6. The molecule has 1 atom stereocenters. The first-order chi connectivity index (χ1) is 7.15. The summed E-state index contributed by atoms with van der Waals surface area (Å²) in [6.07, 6.45) is 0.580. The van der Waals surface area contributed by atoms with Crippen molar-refractivity contribution in [2.75, 3.05) is 0 Å². The minimum atomic E-state index is -0.266. The topological polar surface area (TPSA) is 29.1 Å². The zero-order valence-corrected chi connectivity index (χ0v) is 9.33. The van der Waals surface area contributed by atoms with Crippen LogP contribution in [0.2, 0.25) is 0 Å². The van der Waals surface area contributed by atoms with Crippen molar-refractivity contribution in [3.05, 3.63) is 35.6 Å². The third-order valence-electron chi connectivity index (χ3n) is 2.10. The summed E-state index contributed by atoms with van der Waals surface area (Å²) in [6.45, 7) is 0. The second-order valence-corrected chi connectivity index (χ2v) is 5.09. The van der Waals surface area contributed by atoms with Gasteiger partial charge in [0.1, 0.15) is 10.1 Å². The second-order valence-electron chi connectivity index (χ2n) is 3.21. The summed E-state index contributed by atoms with van der Waals surface area (Å²) in [4.78, 5) is 11.4. The van der Waals surface area contributed by atoms with Crippen molar-refractivity contribution in [1.82, 2.24) is 5.32 Å². The van der Waals surface area contributed by atoms with Gasteiger partial charge in [-0.1, -0.05) is 36.1 Å². The van der Waals surface area contributed by atoms with Crippen LogP contribution in [0.1, 0.15) is 5.56 Å². The standard InChI is InChI=1S/C10H8FNOS2/c11-7-3-1-6(2-4-7)5-8-9(13)12-10(14)15-8/h1-4,8H,5H2,(H,12,13,14). The Morgan fingerprint density at radius 3 is 2.60 bits per heavy atom. The third kappa shape index (κ3) is 2.54. The van der Waals surface area contributed by atoms with E-state index < -0.39 is 0 Å². The van der Waals surface area contributed by atoms with E-state index in [0.29, 0.717) is 10.7 Å². The van der Waals surface area contributed by atoms with Gasteiger partial charge >= 0.3 is 0 Å². The lowest BCUT2D eigenvalue weighted by Gasteiger charge is -2.04. The Hall–Kier alpha value is -0.940. The highest BCUT2D eigenvalue weighted by Gasteiger charge is 2.28. The Bertz CT molecular complexity index is 404. The highest BCUT2D eigenvalue weighted by atomic mass is 32.2. The first-order valence-corrected chi connectivity index (χ1v) is 5.70. The summed E-state index contributed by atoms with van der Waals surface area (Å²) in [7, 11) is 0. The molecule has 1 unspecified atom stereocenters. The molecule has 0 radical (unpaired) electrons. The number of hydrogen-bond donors (Lipinski definition) is 1. The number of amides is 1. The molecule has 0 spiro atoms. The van der Waals surface area contributed by atoms with Gasteiger partial charge in [-0.25, -0.2) is 4.39 Å². The average molecular weight is 241 g/mol. The van der Waals surface area contributed by atoms with Gasteiger partial charge in [-0.3, -0.25) is 4.79 Å². The number of carbonyl (C=O) groups is 1. The van der Waals surface area contributed by atoms with E-state index in [-0.39, 0.29) is 17.0 Å². The summed E-state index contributed by atoms with van der Waals surface area (Å²) >= 11 is 6.23. The summed E-state index contributed by atoms with van der Waals surface area (Å²) in [6, 6.07) is 6.16. The van der Waals surface area contributed by atoms with Gasteiger partial charge in [0, 0.05) is 0 Å². The lowest BCUT2D eigenvalue weighted by Crippen LogP contribution is -2.25. The zero-order chi connectivity index (χ0) is 10.8. The Morgan fingerprint density at radius 2 is 2.07 bits per heavy atom. The number of benzene rings is 1. The SMILES string of the molecule is O=C1NC(=S)SC1Cc1ccc(F)cc1. The zero-order valence-electron chi connectivity index (χ0n) is 7.70. The highest BCUT2D eigenvalue weighted by Crippen LogP contribution is 2.23. The first kappa shape index (κ1) is 10.6. The molecular weight excluding hydrogens is 233 g/mol. The van der Waals surface area contributed by atoms with Gasteiger partial charge in [-0.05, 0) is 24.1 Å². The second kappa shape index (κ2) is 4.28. The van der Waals surface area contributed by atoms with Crippen LogP contribution in [0.25, 0.3) is 0 Å². The van der Waals surface area contributed by atoms with Gasteiger partial charge in [0.25, 0.3) is 0 Å². The fourth-order valence-electron chi connectivity index (χ4n) is 1.36. The van der Waals surface area contributed by atoms with Crippen LogP contribution in [0.5, 0.6) is 0 Å². The summed E-state index contributed by atoms with van der Waals surface area (Å²) < 4.78 is 13.2. The molecule has 1 aromatic rings. The number of thiocarbonyl (C=S) groups is 1. The summed E-state index contributed by atoms with van der Waals surface area (Å²) in [5.41, 5.74) is 0.939. The Morgan fingerprint density at radius 1 is 1.40 bits per heavy atom. The van der Waals surface area contributed by atoms with E-state index in [0.717, 1.165) is 5.56 Å². The molecule has 1 fully saturated rings. The fourth-order valence-corrected chi connectivity index (χ4v) is 2.67. The maximum Gasteiger partial charge on any atom is 0.239 e. The largest absolute Gasteiger partial charge is 0.311 e. The molecule has 1 aromatic carbocycles. The quantitative estimate of drug-likeness (QED) is 0.802. The maximum absolute atomic E-state index is 12.6. The van der Waals surface area contributed by atoms with Gasteiger partial charge in [0.15, 0.2) is 0 Å². The van der Waals surface area contributed by atoms with Crippen LogP contribution in [0.3, 0.4) is 0 Å². The van der Waals surface area contributed by atoms with Crippen molar-refractivity contribution >= 4 is 34.2 Å². The van der Waals surface area contributed by atoms with Crippen molar-refractivity contribution in [1.29, 1.82) is 0 Å². The van der Waals surface area contributed by atoms with Crippen LogP contribution in [-0.4, -0.2) is 15.5 Å². The molecule has 1 N–H and O–H groups in total. The number of hydrogen-bond acceptors (Lipinski definition) is 3. The molecule has 5 heteroatoms. The number of carbonyl (C=O) groups excluding carboxylic acids is 1. The molecule has 0 aliphatic carbocycles. The van der Waals surface area contributed by atoms with E-state index >= 15 is 0 Å².